The summed E-state index contributed by atoms with van der Waals surface area (Å²) in [5, 5.41) is 6.42. The average Bonchev–Trinajstić information content (AvgIpc) is 3.23. The molecular formula is C20H23N5O3S2. The summed E-state index contributed by atoms with van der Waals surface area (Å²) in [6.45, 7) is 4.83. The van der Waals surface area contributed by atoms with Gasteiger partial charge in [0.15, 0.2) is 10.3 Å². The highest BCUT2D eigenvalue weighted by atomic mass is 32.2. The molecule has 8 nitrogen and oxygen atoms in total. The van der Waals surface area contributed by atoms with Gasteiger partial charge in [-0.3, -0.25) is 9.59 Å². The third-order valence-corrected chi connectivity index (χ3v) is 5.70. The number of anilines is 1. The number of amides is 2. The van der Waals surface area contributed by atoms with E-state index in [0.717, 1.165) is 28.4 Å². The van der Waals surface area contributed by atoms with Crippen LogP contribution in [0.15, 0.2) is 34.3 Å². The summed E-state index contributed by atoms with van der Waals surface area (Å²) < 4.78 is 5.74. The van der Waals surface area contributed by atoms with Gasteiger partial charge >= 0.3 is 0 Å². The Morgan fingerprint density at radius 3 is 2.90 bits per heavy atom. The minimum atomic E-state index is -0.213. The van der Waals surface area contributed by atoms with Gasteiger partial charge in [-0.2, -0.15) is 0 Å². The van der Waals surface area contributed by atoms with Gasteiger partial charge in [-0.15, -0.1) is 0 Å². The predicted molar refractivity (Wildman–Crippen MR) is 122 cm³/mol. The summed E-state index contributed by atoms with van der Waals surface area (Å²) in [6.07, 6.45) is 3.35. The number of likely N-dealkylation sites (N-methyl/N-ethyl adjacent to an activating group) is 1. The summed E-state index contributed by atoms with van der Waals surface area (Å²) in [5.41, 5.74) is 1.73. The molecule has 10 heteroatoms. The molecule has 2 N–H and O–H groups in total. The van der Waals surface area contributed by atoms with E-state index in [1.807, 2.05) is 39.2 Å². The second-order valence-corrected chi connectivity index (χ2v) is 8.92. The topological polar surface area (TPSA) is 95.9 Å². The number of rotatable bonds is 7. The molecule has 0 radical (unpaired) electrons. The average molecular weight is 446 g/mol. The van der Waals surface area contributed by atoms with Gasteiger partial charge in [0.1, 0.15) is 12.4 Å². The third-order valence-electron chi connectivity index (χ3n) is 3.93. The highest BCUT2D eigenvalue weighted by Crippen LogP contribution is 2.31. The van der Waals surface area contributed by atoms with Crippen molar-refractivity contribution in [1.82, 2.24) is 15.2 Å². The van der Waals surface area contributed by atoms with E-state index >= 15 is 0 Å². The lowest BCUT2D eigenvalue weighted by atomic mass is 10.2. The molecular weight excluding hydrogens is 422 g/mol. The van der Waals surface area contributed by atoms with E-state index in [1.54, 1.807) is 12.3 Å². The maximum atomic E-state index is 12.3. The van der Waals surface area contributed by atoms with Crippen LogP contribution < -0.4 is 15.4 Å². The molecule has 1 fully saturated rings. The number of thioether (sulfide) groups is 1. The molecule has 1 saturated heterocycles. The number of benzene rings is 1. The smallest absolute Gasteiger partial charge is 0.264 e. The van der Waals surface area contributed by atoms with Crippen molar-refractivity contribution < 1.29 is 14.3 Å². The Labute approximate surface area is 183 Å². The standard InChI is InChI=1S/C20H23N5O3S2/c1-12-9-14(28-8-7-25(3)4)5-6-16(12)23-20-24-18(27)17(30-20)10-15-11-21-19(29-15)22-13(2)26/h5-6,9-11H,7-8H2,1-4H3,(H,21,22,26)(H,23,24,27). The Morgan fingerprint density at radius 1 is 1.40 bits per heavy atom. The van der Waals surface area contributed by atoms with E-state index in [-0.39, 0.29) is 11.8 Å². The minimum Gasteiger partial charge on any atom is -0.492 e. The van der Waals surface area contributed by atoms with Crippen molar-refractivity contribution in [2.24, 2.45) is 4.99 Å². The Morgan fingerprint density at radius 2 is 2.20 bits per heavy atom. The number of ether oxygens (including phenoxy) is 1. The van der Waals surface area contributed by atoms with E-state index in [0.29, 0.717) is 21.8 Å². The second kappa shape index (κ2) is 9.88. The fourth-order valence-electron chi connectivity index (χ4n) is 2.47. The highest BCUT2D eigenvalue weighted by Gasteiger charge is 2.24. The Hall–Kier alpha value is -2.69. The summed E-state index contributed by atoms with van der Waals surface area (Å²) in [6, 6.07) is 5.69. The molecule has 1 aromatic carbocycles. The Balaban J connectivity index is 1.68. The Bertz CT molecular complexity index is 1010. The van der Waals surface area contributed by atoms with Crippen LogP contribution in [-0.2, 0) is 9.59 Å². The molecule has 2 aromatic rings. The van der Waals surface area contributed by atoms with Gasteiger partial charge in [0.05, 0.1) is 15.5 Å². The molecule has 3 rings (SSSR count). The van der Waals surface area contributed by atoms with Gasteiger partial charge < -0.3 is 20.3 Å². The lowest BCUT2D eigenvalue weighted by Gasteiger charge is -2.12. The van der Waals surface area contributed by atoms with Crippen molar-refractivity contribution in [2.45, 2.75) is 13.8 Å². The van der Waals surface area contributed by atoms with E-state index in [4.69, 9.17) is 4.74 Å². The van der Waals surface area contributed by atoms with Gasteiger partial charge in [0.2, 0.25) is 5.91 Å². The zero-order valence-corrected chi connectivity index (χ0v) is 18.8. The zero-order valence-electron chi connectivity index (χ0n) is 17.2. The number of hydrogen-bond acceptors (Lipinski definition) is 8. The van der Waals surface area contributed by atoms with Crippen molar-refractivity contribution in [1.29, 1.82) is 0 Å². The van der Waals surface area contributed by atoms with Gasteiger partial charge in [0, 0.05) is 19.7 Å². The van der Waals surface area contributed by atoms with Crippen LogP contribution in [-0.4, -0.2) is 54.1 Å². The number of hydrogen-bond donors (Lipinski definition) is 2. The third kappa shape index (κ3) is 6.15. The number of carbonyl (C=O) groups excluding carboxylic acids is 2. The van der Waals surface area contributed by atoms with Gasteiger partial charge in [-0.25, -0.2) is 9.98 Å². The van der Waals surface area contributed by atoms with Gasteiger partial charge in [0.25, 0.3) is 5.91 Å². The van der Waals surface area contributed by atoms with Gasteiger partial charge in [-0.1, -0.05) is 11.3 Å². The Kier molecular flexibility index (Phi) is 7.24. The summed E-state index contributed by atoms with van der Waals surface area (Å²) in [4.78, 5) is 35.4. The monoisotopic (exact) mass is 445 g/mol. The summed E-state index contributed by atoms with van der Waals surface area (Å²) in [5.74, 6) is 0.395. The maximum Gasteiger partial charge on any atom is 0.264 e. The van der Waals surface area contributed by atoms with Crippen LogP contribution in [0.5, 0.6) is 5.75 Å². The number of aryl methyl sites for hydroxylation is 1. The van der Waals surface area contributed by atoms with Crippen LogP contribution in [0.1, 0.15) is 17.4 Å². The fourth-order valence-corrected chi connectivity index (χ4v) is 4.18. The lowest BCUT2D eigenvalue weighted by molar-refractivity contribution is -0.115. The zero-order chi connectivity index (χ0) is 21.7. The number of amidine groups is 1. The largest absolute Gasteiger partial charge is 0.492 e. The number of aliphatic imine (C=N–C) groups is 1. The molecule has 30 heavy (non-hydrogen) atoms. The number of thiazole rings is 1. The van der Waals surface area contributed by atoms with E-state index in [9.17, 15) is 9.59 Å². The molecule has 2 amide bonds. The van der Waals surface area contributed by atoms with Crippen LogP contribution in [0, 0.1) is 6.92 Å². The summed E-state index contributed by atoms with van der Waals surface area (Å²) >= 11 is 2.56. The SMILES string of the molecule is CC(=O)Nc1ncc(C=C2SC(=Nc3ccc(OCCN(C)C)cc3C)NC2=O)s1. The van der Waals surface area contributed by atoms with Crippen LogP contribution in [0.3, 0.4) is 0 Å². The molecule has 0 unspecified atom stereocenters. The first-order chi connectivity index (χ1) is 14.3. The molecule has 1 aliphatic rings. The quantitative estimate of drug-likeness (QED) is 0.635. The summed E-state index contributed by atoms with van der Waals surface area (Å²) in [7, 11) is 4.00. The molecule has 0 atom stereocenters. The van der Waals surface area contributed by atoms with Crippen LogP contribution in [0.25, 0.3) is 6.08 Å². The highest BCUT2D eigenvalue weighted by molar-refractivity contribution is 8.18. The van der Waals surface area contributed by atoms with E-state index in [2.05, 4.69) is 25.5 Å². The molecule has 0 spiro atoms. The van der Waals surface area contributed by atoms with Crippen LogP contribution in [0.4, 0.5) is 10.8 Å². The van der Waals surface area contributed by atoms with Crippen molar-refractivity contribution in [3.8, 4) is 5.75 Å². The molecule has 2 heterocycles. The number of carbonyl (C=O) groups is 2. The van der Waals surface area contributed by atoms with Crippen molar-refractivity contribution in [3.05, 3.63) is 39.7 Å². The van der Waals surface area contributed by atoms with E-state index in [1.165, 1.54) is 30.0 Å². The maximum absolute atomic E-state index is 12.3. The first-order valence-electron chi connectivity index (χ1n) is 9.21. The van der Waals surface area contributed by atoms with Crippen LogP contribution >= 0.6 is 23.1 Å². The number of nitrogens with zero attached hydrogens (tertiary/aromatic N) is 3. The lowest BCUT2D eigenvalue weighted by Crippen LogP contribution is -2.19. The number of aromatic nitrogens is 1. The van der Waals surface area contributed by atoms with Crippen LogP contribution in [0.2, 0.25) is 0 Å². The first kappa shape index (κ1) is 22.0. The molecule has 158 valence electrons. The van der Waals surface area contributed by atoms with Crippen molar-refractivity contribution in [3.63, 3.8) is 0 Å². The fraction of sp³-hybridized carbons (Fsp3) is 0.300. The molecule has 1 aromatic heterocycles. The molecule has 0 aliphatic carbocycles. The molecule has 0 bridgehead atoms. The predicted octanol–water partition coefficient (Wildman–Crippen LogP) is 3.24. The normalized spacial score (nSPS) is 16.4. The first-order valence-corrected chi connectivity index (χ1v) is 10.8. The van der Waals surface area contributed by atoms with E-state index < -0.39 is 0 Å². The van der Waals surface area contributed by atoms with Crippen molar-refractivity contribution >= 4 is 57.0 Å². The van der Waals surface area contributed by atoms with Crippen molar-refractivity contribution in [2.75, 3.05) is 32.6 Å². The van der Waals surface area contributed by atoms with Gasteiger partial charge in [-0.05, 0) is 62.6 Å². The molecule has 0 saturated carbocycles. The second-order valence-electron chi connectivity index (χ2n) is 6.83. The minimum absolute atomic E-state index is 0.185. The number of nitrogens with one attached hydrogen (secondary N) is 2. The molecule has 1 aliphatic heterocycles.